The highest BCUT2D eigenvalue weighted by Crippen LogP contribution is 2.54. The van der Waals surface area contributed by atoms with Crippen molar-refractivity contribution in [3.8, 4) is 11.5 Å². The highest BCUT2D eigenvalue weighted by molar-refractivity contribution is 5.39. The van der Waals surface area contributed by atoms with Gasteiger partial charge in [0, 0.05) is 19.1 Å². The van der Waals surface area contributed by atoms with Crippen LogP contribution in [0, 0.1) is 25.6 Å². The fourth-order valence-corrected chi connectivity index (χ4v) is 3.20. The maximum atomic E-state index is 14.3. The lowest BCUT2D eigenvalue weighted by Crippen LogP contribution is -2.22. The van der Waals surface area contributed by atoms with Gasteiger partial charge < -0.3 is 19.3 Å². The van der Waals surface area contributed by atoms with Gasteiger partial charge in [0.15, 0.2) is 24.1 Å². The average molecular weight is 362 g/mol. The lowest BCUT2D eigenvalue weighted by atomic mass is 9.94. The summed E-state index contributed by atoms with van der Waals surface area (Å²) >= 11 is 0. The molecule has 2 aromatic rings. The standard InChI is InChI=1S/C19H23FN2O4/c1-12-18(8-21-13(2)22-12)25-10-19(7-15(19)9-23)14-4-5-17(16(20)6-14)26-11-24-3/h4-6,8,15,23H,7,9-11H2,1-3H3/t15-,19+/m0/s1. The van der Waals surface area contributed by atoms with Crippen molar-refractivity contribution < 1.29 is 23.7 Å². The number of ether oxygens (including phenoxy) is 3. The predicted molar refractivity (Wildman–Crippen MR) is 92.8 cm³/mol. The van der Waals surface area contributed by atoms with Gasteiger partial charge in [-0.05, 0) is 43.9 Å². The van der Waals surface area contributed by atoms with Crippen molar-refractivity contribution in [3.05, 3.63) is 47.3 Å². The van der Waals surface area contributed by atoms with Crippen molar-refractivity contribution in [3.63, 3.8) is 0 Å². The van der Waals surface area contributed by atoms with Crippen LogP contribution in [0.25, 0.3) is 0 Å². The van der Waals surface area contributed by atoms with Gasteiger partial charge in [-0.15, -0.1) is 0 Å². The lowest BCUT2D eigenvalue weighted by Gasteiger charge is -2.20. The molecule has 26 heavy (non-hydrogen) atoms. The number of methoxy groups -OCH3 is 1. The van der Waals surface area contributed by atoms with E-state index in [4.69, 9.17) is 14.2 Å². The van der Waals surface area contributed by atoms with E-state index < -0.39 is 11.2 Å². The molecule has 1 fully saturated rings. The molecule has 1 aromatic carbocycles. The third kappa shape index (κ3) is 3.64. The number of hydrogen-bond acceptors (Lipinski definition) is 6. The zero-order valence-electron chi connectivity index (χ0n) is 15.2. The molecule has 0 bridgehead atoms. The first-order valence-corrected chi connectivity index (χ1v) is 8.46. The van der Waals surface area contributed by atoms with Crippen LogP contribution in [0.2, 0.25) is 0 Å². The van der Waals surface area contributed by atoms with Gasteiger partial charge in [0.2, 0.25) is 0 Å². The van der Waals surface area contributed by atoms with Crippen LogP contribution >= 0.6 is 0 Å². The summed E-state index contributed by atoms with van der Waals surface area (Å²) < 4.78 is 30.2. The Labute approximate surface area is 152 Å². The fraction of sp³-hybridized carbons (Fsp3) is 0.474. The molecule has 0 radical (unpaired) electrons. The Balaban J connectivity index is 1.79. The molecule has 0 unspecified atom stereocenters. The van der Waals surface area contributed by atoms with Gasteiger partial charge in [0.1, 0.15) is 5.82 Å². The summed E-state index contributed by atoms with van der Waals surface area (Å²) in [6.07, 6.45) is 2.37. The lowest BCUT2D eigenvalue weighted by molar-refractivity contribution is 0.0482. The minimum Gasteiger partial charge on any atom is -0.489 e. The first-order chi connectivity index (χ1) is 12.5. The molecule has 0 saturated heterocycles. The van der Waals surface area contributed by atoms with E-state index in [2.05, 4.69) is 9.97 Å². The van der Waals surface area contributed by atoms with Crippen LogP contribution < -0.4 is 9.47 Å². The van der Waals surface area contributed by atoms with Gasteiger partial charge in [-0.2, -0.15) is 0 Å². The van der Waals surface area contributed by atoms with Gasteiger partial charge in [-0.1, -0.05) is 6.07 Å². The topological polar surface area (TPSA) is 73.7 Å². The molecular weight excluding hydrogens is 339 g/mol. The molecule has 3 rings (SSSR count). The second-order valence-corrected chi connectivity index (χ2v) is 6.59. The quantitative estimate of drug-likeness (QED) is 0.728. The summed E-state index contributed by atoms with van der Waals surface area (Å²) in [5.41, 5.74) is 1.11. The summed E-state index contributed by atoms with van der Waals surface area (Å²) in [6.45, 7) is 4.00. The van der Waals surface area contributed by atoms with E-state index in [-0.39, 0.29) is 25.1 Å². The maximum absolute atomic E-state index is 14.3. The van der Waals surface area contributed by atoms with Crippen LogP contribution in [0.1, 0.15) is 23.5 Å². The monoisotopic (exact) mass is 362 g/mol. The first kappa shape index (κ1) is 18.5. The van der Waals surface area contributed by atoms with Crippen LogP contribution in [0.4, 0.5) is 4.39 Å². The summed E-state index contributed by atoms with van der Waals surface area (Å²) in [5, 5.41) is 9.62. The minimum atomic E-state index is -0.461. The Morgan fingerprint density at radius 1 is 1.27 bits per heavy atom. The Kier molecular flexibility index (Phi) is 5.38. The molecule has 1 saturated carbocycles. The second kappa shape index (κ2) is 7.55. The van der Waals surface area contributed by atoms with E-state index in [1.54, 1.807) is 12.3 Å². The van der Waals surface area contributed by atoms with Crippen LogP contribution in [-0.2, 0) is 10.2 Å². The van der Waals surface area contributed by atoms with Crippen LogP contribution in [0.3, 0.4) is 0 Å². The normalized spacial score (nSPS) is 21.5. The summed E-state index contributed by atoms with van der Waals surface area (Å²) in [5.74, 6) is 0.976. The molecule has 1 aliphatic rings. The van der Waals surface area contributed by atoms with Gasteiger partial charge in [0.05, 0.1) is 18.5 Å². The third-order valence-corrected chi connectivity index (χ3v) is 4.83. The zero-order valence-corrected chi connectivity index (χ0v) is 15.2. The van der Waals surface area contributed by atoms with Gasteiger partial charge in [0.25, 0.3) is 0 Å². The number of hydrogen-bond donors (Lipinski definition) is 1. The highest BCUT2D eigenvalue weighted by atomic mass is 19.1. The highest BCUT2D eigenvalue weighted by Gasteiger charge is 2.56. The molecule has 0 spiro atoms. The molecular formula is C19H23FN2O4. The van der Waals surface area contributed by atoms with E-state index in [0.29, 0.717) is 18.2 Å². The molecule has 6 nitrogen and oxygen atoms in total. The summed E-state index contributed by atoms with van der Waals surface area (Å²) in [6, 6.07) is 4.84. The van der Waals surface area contributed by atoms with Gasteiger partial charge >= 0.3 is 0 Å². The number of halogens is 1. The number of aromatic nitrogens is 2. The predicted octanol–water partition coefficient (Wildman–Crippen LogP) is 2.54. The van der Waals surface area contributed by atoms with Crippen molar-refractivity contribution >= 4 is 0 Å². The number of rotatable bonds is 8. The Bertz CT molecular complexity index is 786. The van der Waals surface area contributed by atoms with E-state index in [1.165, 1.54) is 13.2 Å². The Morgan fingerprint density at radius 2 is 2.08 bits per heavy atom. The molecule has 2 atom stereocenters. The second-order valence-electron chi connectivity index (χ2n) is 6.59. The van der Waals surface area contributed by atoms with Crippen molar-refractivity contribution in [1.82, 2.24) is 9.97 Å². The molecule has 0 aliphatic heterocycles. The van der Waals surface area contributed by atoms with Crippen molar-refractivity contribution in [1.29, 1.82) is 0 Å². The number of aliphatic hydroxyl groups is 1. The van der Waals surface area contributed by atoms with Crippen LogP contribution in [-0.4, -0.2) is 42.2 Å². The van der Waals surface area contributed by atoms with E-state index in [0.717, 1.165) is 17.7 Å². The number of benzene rings is 1. The molecule has 1 N–H and O–H groups in total. The van der Waals surface area contributed by atoms with E-state index >= 15 is 0 Å². The van der Waals surface area contributed by atoms with Crippen molar-refractivity contribution in [2.45, 2.75) is 25.7 Å². The molecule has 140 valence electrons. The summed E-state index contributed by atoms with van der Waals surface area (Å²) in [7, 11) is 1.48. The molecule has 7 heteroatoms. The molecule has 1 heterocycles. The summed E-state index contributed by atoms with van der Waals surface area (Å²) in [4.78, 5) is 8.44. The number of nitrogens with zero attached hydrogens (tertiary/aromatic N) is 2. The minimum absolute atomic E-state index is 0.0174. The molecule has 1 aliphatic carbocycles. The first-order valence-electron chi connectivity index (χ1n) is 8.46. The zero-order chi connectivity index (χ0) is 18.7. The number of aryl methyl sites for hydroxylation is 2. The SMILES string of the molecule is COCOc1ccc([C@]2(COc3cnc(C)nc3C)C[C@H]2CO)cc1F. The van der Waals surface area contributed by atoms with Crippen molar-refractivity contribution in [2.24, 2.45) is 5.92 Å². The number of aliphatic hydroxyl groups excluding tert-OH is 1. The Morgan fingerprint density at radius 3 is 2.69 bits per heavy atom. The largest absolute Gasteiger partial charge is 0.489 e. The molecule has 0 amide bonds. The average Bonchev–Trinajstić information content (AvgIpc) is 3.35. The van der Waals surface area contributed by atoms with Crippen molar-refractivity contribution in [2.75, 3.05) is 27.1 Å². The van der Waals surface area contributed by atoms with E-state index in [9.17, 15) is 9.50 Å². The van der Waals surface area contributed by atoms with Crippen LogP contribution in [0.15, 0.2) is 24.4 Å². The fourth-order valence-electron chi connectivity index (χ4n) is 3.20. The van der Waals surface area contributed by atoms with Gasteiger partial charge in [-0.3, -0.25) is 0 Å². The maximum Gasteiger partial charge on any atom is 0.188 e. The smallest absolute Gasteiger partial charge is 0.188 e. The third-order valence-electron chi connectivity index (χ3n) is 4.83. The van der Waals surface area contributed by atoms with Crippen LogP contribution in [0.5, 0.6) is 11.5 Å². The molecule has 1 aromatic heterocycles. The van der Waals surface area contributed by atoms with E-state index in [1.807, 2.05) is 19.9 Å². The Hall–Kier alpha value is -2.25. The van der Waals surface area contributed by atoms with Gasteiger partial charge in [-0.25, -0.2) is 14.4 Å².